The number of ether oxygens (including phenoxy) is 1. The molecule has 3 aromatic rings. The third kappa shape index (κ3) is 4.46. The first-order valence-electron chi connectivity index (χ1n) is 12.0. The molecule has 2 aromatic heterocycles. The van der Waals surface area contributed by atoms with Gasteiger partial charge in [-0.15, -0.1) is 0 Å². The summed E-state index contributed by atoms with van der Waals surface area (Å²) < 4.78 is 75.6. The predicted octanol–water partition coefficient (Wildman–Crippen LogP) is 5.21. The summed E-state index contributed by atoms with van der Waals surface area (Å²) in [4.78, 5) is 11.1. The van der Waals surface area contributed by atoms with Crippen LogP contribution in [0.2, 0.25) is 0 Å². The number of nitrogens with zero attached hydrogens (tertiary/aromatic N) is 5. The summed E-state index contributed by atoms with van der Waals surface area (Å²) >= 11 is 0. The third-order valence-electron chi connectivity index (χ3n) is 7.12. The lowest BCUT2D eigenvalue weighted by Crippen LogP contribution is -2.47. The molecule has 0 bridgehead atoms. The smallest absolute Gasteiger partial charge is 0.419 e. The van der Waals surface area contributed by atoms with Gasteiger partial charge >= 0.3 is 6.18 Å². The molecule has 1 N–H and O–H groups in total. The second-order valence-electron chi connectivity index (χ2n) is 9.49. The first-order chi connectivity index (χ1) is 17.1. The molecule has 1 atom stereocenters. The average Bonchev–Trinajstić information content (AvgIpc) is 3.18. The fourth-order valence-corrected chi connectivity index (χ4v) is 5.29. The lowest BCUT2D eigenvalue weighted by molar-refractivity contribution is -0.140. The van der Waals surface area contributed by atoms with E-state index in [-0.39, 0.29) is 22.8 Å². The highest BCUT2D eigenvalue weighted by Crippen LogP contribution is 2.41. The second-order valence-corrected chi connectivity index (χ2v) is 9.49. The molecule has 7 nitrogen and oxygen atoms in total. The molecule has 1 aromatic carbocycles. The van der Waals surface area contributed by atoms with E-state index in [9.17, 15) is 27.1 Å². The van der Waals surface area contributed by atoms with Gasteiger partial charge in [0.2, 0.25) is 5.95 Å². The van der Waals surface area contributed by atoms with Gasteiger partial charge in [0, 0.05) is 25.4 Å². The molecule has 36 heavy (non-hydrogen) atoms. The largest absolute Gasteiger partial charge is 0.503 e. The fourth-order valence-electron chi connectivity index (χ4n) is 5.29. The Balaban J connectivity index is 1.53. The van der Waals surface area contributed by atoms with Crippen LogP contribution in [-0.2, 0) is 18.0 Å². The van der Waals surface area contributed by atoms with Crippen LogP contribution in [0.15, 0.2) is 12.3 Å². The van der Waals surface area contributed by atoms with Crippen molar-refractivity contribution < 1.29 is 31.8 Å². The van der Waals surface area contributed by atoms with Crippen LogP contribution in [0.4, 0.5) is 27.9 Å². The van der Waals surface area contributed by atoms with Crippen molar-refractivity contribution in [1.82, 2.24) is 19.7 Å². The Kier molecular flexibility index (Phi) is 6.48. The molecule has 1 aliphatic carbocycles. The summed E-state index contributed by atoms with van der Waals surface area (Å²) in [6, 6.07) is 0.398. The number of phenols is 1. The molecule has 1 aliphatic heterocycles. The highest BCUT2D eigenvalue weighted by Gasteiger charge is 2.38. The third-order valence-corrected chi connectivity index (χ3v) is 7.12. The molecular weight excluding hydrogens is 485 g/mol. The van der Waals surface area contributed by atoms with Crippen molar-refractivity contribution in [2.75, 3.05) is 24.7 Å². The van der Waals surface area contributed by atoms with Gasteiger partial charge in [0.15, 0.2) is 23.0 Å². The number of anilines is 1. The molecule has 2 aliphatic rings. The number of aromatic hydroxyl groups is 1. The van der Waals surface area contributed by atoms with E-state index in [0.29, 0.717) is 37.7 Å². The number of alkyl halides is 3. The van der Waals surface area contributed by atoms with Gasteiger partial charge in [-0.1, -0.05) is 32.1 Å². The number of hydrogen-bond donors (Lipinski definition) is 1. The maximum Gasteiger partial charge on any atom is 0.419 e. The van der Waals surface area contributed by atoms with E-state index in [0.717, 1.165) is 6.42 Å². The molecule has 0 radical (unpaired) electrons. The van der Waals surface area contributed by atoms with Crippen molar-refractivity contribution >= 4 is 17.0 Å². The number of fused-ring (bicyclic) bond motifs is 1. The standard InChI is InChI=1S/C24H26F5N5O2/c1-33-22-16(20(32-33)15-10-17(24(27,28)29)19(26)21(35)18(15)25)11-30-23(31-22)34-7-8-36-12-14(34)9-13-5-3-2-4-6-13/h10-11,13-14,35H,2-9,12H2,1H3/t14-/m1/s1. The molecular formula is C24H26F5N5O2. The summed E-state index contributed by atoms with van der Waals surface area (Å²) in [5, 5.41) is 14.0. The van der Waals surface area contributed by atoms with E-state index < -0.39 is 34.7 Å². The molecule has 12 heteroatoms. The van der Waals surface area contributed by atoms with Crippen LogP contribution < -0.4 is 4.90 Å². The first-order valence-corrected chi connectivity index (χ1v) is 12.0. The van der Waals surface area contributed by atoms with Crippen molar-refractivity contribution in [3.05, 3.63) is 29.5 Å². The van der Waals surface area contributed by atoms with Crippen molar-refractivity contribution in [3.8, 4) is 17.0 Å². The van der Waals surface area contributed by atoms with Crippen LogP contribution in [0.1, 0.15) is 44.1 Å². The predicted molar refractivity (Wildman–Crippen MR) is 121 cm³/mol. The summed E-state index contributed by atoms with van der Waals surface area (Å²) in [5.41, 5.74) is -2.43. The number of aromatic nitrogens is 4. The normalized spacial score (nSPS) is 19.8. The number of rotatable bonds is 4. The SMILES string of the molecule is Cn1nc(-c2cc(C(F)(F)F)c(F)c(O)c2F)c2cnc(N3CCOC[C@H]3CC3CCCCC3)nc21. The monoisotopic (exact) mass is 511 g/mol. The summed E-state index contributed by atoms with van der Waals surface area (Å²) in [6.07, 6.45) is 3.28. The Hall–Kier alpha value is -3.02. The molecule has 3 heterocycles. The number of hydrogen-bond acceptors (Lipinski definition) is 6. The fraction of sp³-hybridized carbons (Fsp3) is 0.542. The zero-order chi connectivity index (χ0) is 25.6. The summed E-state index contributed by atoms with van der Waals surface area (Å²) in [7, 11) is 1.52. The molecule has 0 amide bonds. The maximum atomic E-state index is 14.7. The lowest BCUT2D eigenvalue weighted by Gasteiger charge is -2.38. The Bertz CT molecular complexity index is 1270. The van der Waals surface area contributed by atoms with Crippen LogP contribution in [0, 0.1) is 17.6 Å². The maximum absolute atomic E-state index is 14.7. The first kappa shape index (κ1) is 24.7. The Morgan fingerprint density at radius 1 is 1.14 bits per heavy atom. The van der Waals surface area contributed by atoms with Gasteiger partial charge in [-0.2, -0.15) is 23.3 Å². The Morgan fingerprint density at radius 3 is 2.61 bits per heavy atom. The average molecular weight is 511 g/mol. The van der Waals surface area contributed by atoms with E-state index in [2.05, 4.69) is 20.0 Å². The number of morpholine rings is 1. The molecule has 5 rings (SSSR count). The van der Waals surface area contributed by atoms with Crippen LogP contribution >= 0.6 is 0 Å². The minimum atomic E-state index is -5.14. The minimum absolute atomic E-state index is 0.0906. The molecule has 194 valence electrons. The molecule has 0 unspecified atom stereocenters. The van der Waals surface area contributed by atoms with E-state index in [1.54, 1.807) is 0 Å². The minimum Gasteiger partial charge on any atom is -0.503 e. The quantitative estimate of drug-likeness (QED) is 0.485. The van der Waals surface area contributed by atoms with Gasteiger partial charge in [-0.05, 0) is 18.4 Å². The van der Waals surface area contributed by atoms with Crippen LogP contribution in [0.3, 0.4) is 0 Å². The van der Waals surface area contributed by atoms with Gasteiger partial charge in [-0.3, -0.25) is 0 Å². The zero-order valence-corrected chi connectivity index (χ0v) is 19.7. The highest BCUT2D eigenvalue weighted by atomic mass is 19.4. The molecule has 2 fully saturated rings. The van der Waals surface area contributed by atoms with Crippen molar-refractivity contribution in [2.24, 2.45) is 13.0 Å². The molecule has 1 saturated heterocycles. The number of phenolic OH excluding ortho intramolecular Hbond substituents is 1. The van der Waals surface area contributed by atoms with E-state index in [1.165, 1.54) is 50.0 Å². The summed E-state index contributed by atoms with van der Waals surface area (Å²) in [6.45, 7) is 1.65. The van der Waals surface area contributed by atoms with Crippen LogP contribution in [0.5, 0.6) is 5.75 Å². The zero-order valence-electron chi connectivity index (χ0n) is 19.7. The summed E-state index contributed by atoms with van der Waals surface area (Å²) in [5.74, 6) is -4.28. The number of benzene rings is 1. The van der Waals surface area contributed by atoms with Crippen molar-refractivity contribution in [3.63, 3.8) is 0 Å². The van der Waals surface area contributed by atoms with Crippen LogP contribution in [-0.4, -0.2) is 50.7 Å². The van der Waals surface area contributed by atoms with Gasteiger partial charge in [-0.25, -0.2) is 18.4 Å². The van der Waals surface area contributed by atoms with E-state index in [4.69, 9.17) is 4.74 Å². The number of aryl methyl sites for hydroxylation is 1. The van der Waals surface area contributed by atoms with E-state index >= 15 is 0 Å². The number of halogens is 5. The van der Waals surface area contributed by atoms with Gasteiger partial charge < -0.3 is 14.7 Å². The van der Waals surface area contributed by atoms with Gasteiger partial charge in [0.05, 0.1) is 30.2 Å². The van der Waals surface area contributed by atoms with E-state index in [1.807, 2.05) is 0 Å². The molecule has 1 saturated carbocycles. The Labute approximate surface area is 203 Å². The van der Waals surface area contributed by atoms with Crippen LogP contribution in [0.25, 0.3) is 22.3 Å². The van der Waals surface area contributed by atoms with Crippen molar-refractivity contribution in [2.45, 2.75) is 50.7 Å². The van der Waals surface area contributed by atoms with Gasteiger partial charge in [0.25, 0.3) is 0 Å². The van der Waals surface area contributed by atoms with Gasteiger partial charge in [0.1, 0.15) is 5.69 Å². The highest BCUT2D eigenvalue weighted by molar-refractivity contribution is 5.91. The Morgan fingerprint density at radius 2 is 1.89 bits per heavy atom. The molecule has 0 spiro atoms. The topological polar surface area (TPSA) is 76.3 Å². The second kappa shape index (κ2) is 9.45. The van der Waals surface area contributed by atoms with Crippen molar-refractivity contribution in [1.29, 1.82) is 0 Å². The lowest BCUT2D eigenvalue weighted by atomic mass is 9.84.